The monoisotopic (exact) mass is 529 g/mol. The molecule has 0 bridgehead atoms. The number of benzene rings is 3. The van der Waals surface area contributed by atoms with E-state index in [9.17, 15) is 9.59 Å². The number of amidine groups is 2. The van der Waals surface area contributed by atoms with E-state index in [1.165, 1.54) is 0 Å². The molecule has 3 aromatic carbocycles. The van der Waals surface area contributed by atoms with Gasteiger partial charge in [0.05, 0.1) is 0 Å². The zero-order valence-corrected chi connectivity index (χ0v) is 21.4. The zero-order chi connectivity index (χ0) is 27.9. The van der Waals surface area contributed by atoms with Crippen LogP contribution in [0.25, 0.3) is 0 Å². The molecule has 0 radical (unpaired) electrons. The normalized spacial score (nSPS) is 13.1. The van der Waals surface area contributed by atoms with Gasteiger partial charge in [-0.3, -0.25) is 20.4 Å². The standard InChI is InChI=1S/C28H31N7O4/c29-10-9-25(36)34-11-13-35(14-12-34)28(37)20-15-23(38-21-5-1-18(2-6-21)26(30)31)17-24(16-20)39-22-7-3-19(4-8-22)27(32)33/h1-8,15-17H,9-14,29H2,(H3,30,31)(H3,32,33). The van der Waals surface area contributed by atoms with Crippen LogP contribution in [0.2, 0.25) is 0 Å². The molecule has 0 spiro atoms. The maximum absolute atomic E-state index is 13.5. The Kier molecular flexibility index (Phi) is 8.42. The highest BCUT2D eigenvalue weighted by molar-refractivity contribution is 5.96. The fraction of sp³-hybridized carbons (Fsp3) is 0.214. The van der Waals surface area contributed by atoms with Crippen LogP contribution in [0, 0.1) is 10.8 Å². The molecule has 1 heterocycles. The molecule has 39 heavy (non-hydrogen) atoms. The zero-order valence-electron chi connectivity index (χ0n) is 21.4. The first kappa shape index (κ1) is 27.1. The second-order valence-corrected chi connectivity index (χ2v) is 8.98. The number of rotatable bonds is 9. The summed E-state index contributed by atoms with van der Waals surface area (Å²) < 4.78 is 12.0. The first-order valence-electron chi connectivity index (χ1n) is 12.4. The van der Waals surface area contributed by atoms with Gasteiger partial charge < -0.3 is 36.5 Å². The number of nitrogens with two attached hydrogens (primary N) is 3. The maximum Gasteiger partial charge on any atom is 0.254 e. The summed E-state index contributed by atoms with van der Waals surface area (Å²) in [5.41, 5.74) is 18.1. The Labute approximate surface area is 226 Å². The Morgan fingerprint density at radius 1 is 0.667 bits per heavy atom. The third-order valence-corrected chi connectivity index (χ3v) is 6.21. The van der Waals surface area contributed by atoms with Crippen LogP contribution in [0.1, 0.15) is 27.9 Å². The maximum atomic E-state index is 13.5. The Morgan fingerprint density at radius 2 is 1.10 bits per heavy atom. The van der Waals surface area contributed by atoms with Crippen LogP contribution in [-0.2, 0) is 4.79 Å². The highest BCUT2D eigenvalue weighted by Crippen LogP contribution is 2.31. The van der Waals surface area contributed by atoms with Gasteiger partial charge in [0.15, 0.2) is 0 Å². The van der Waals surface area contributed by atoms with E-state index in [-0.39, 0.29) is 29.9 Å². The highest BCUT2D eigenvalue weighted by Gasteiger charge is 2.25. The van der Waals surface area contributed by atoms with E-state index in [0.717, 1.165) is 0 Å². The molecular formula is C28H31N7O4. The fourth-order valence-corrected chi connectivity index (χ4v) is 4.11. The molecule has 1 aliphatic rings. The first-order chi connectivity index (χ1) is 18.7. The van der Waals surface area contributed by atoms with Crippen molar-refractivity contribution in [1.29, 1.82) is 10.8 Å². The van der Waals surface area contributed by atoms with Gasteiger partial charge in [0.2, 0.25) is 5.91 Å². The van der Waals surface area contributed by atoms with Crippen molar-refractivity contribution in [2.75, 3.05) is 32.7 Å². The number of hydrogen-bond donors (Lipinski definition) is 5. The van der Waals surface area contributed by atoms with Gasteiger partial charge in [0.1, 0.15) is 34.7 Å². The van der Waals surface area contributed by atoms with E-state index in [2.05, 4.69) is 0 Å². The third kappa shape index (κ3) is 6.90. The molecule has 8 N–H and O–H groups in total. The summed E-state index contributed by atoms with van der Waals surface area (Å²) >= 11 is 0. The number of carbonyl (C=O) groups excluding carboxylic acids is 2. The molecule has 0 atom stereocenters. The van der Waals surface area contributed by atoms with E-state index >= 15 is 0 Å². The molecule has 0 aliphatic carbocycles. The van der Waals surface area contributed by atoms with Gasteiger partial charge in [0.25, 0.3) is 5.91 Å². The topological polar surface area (TPSA) is 185 Å². The number of nitrogen functional groups attached to an aromatic ring is 2. The molecule has 11 heteroatoms. The molecule has 0 saturated carbocycles. The van der Waals surface area contributed by atoms with Gasteiger partial charge in [-0.05, 0) is 60.7 Å². The molecule has 11 nitrogen and oxygen atoms in total. The molecule has 1 fully saturated rings. The quantitative estimate of drug-likeness (QED) is 0.208. The lowest BCUT2D eigenvalue weighted by Gasteiger charge is -2.35. The molecule has 0 unspecified atom stereocenters. The van der Waals surface area contributed by atoms with E-state index in [0.29, 0.717) is 72.4 Å². The molecule has 1 aliphatic heterocycles. The number of amides is 2. The number of piperazine rings is 1. The van der Waals surface area contributed by atoms with Gasteiger partial charge in [-0.15, -0.1) is 0 Å². The molecule has 1 saturated heterocycles. The number of nitrogens with zero attached hydrogens (tertiary/aromatic N) is 2. The van der Waals surface area contributed by atoms with Crippen molar-refractivity contribution in [3.63, 3.8) is 0 Å². The lowest BCUT2D eigenvalue weighted by molar-refractivity contribution is -0.132. The van der Waals surface area contributed by atoms with Crippen molar-refractivity contribution in [1.82, 2.24) is 9.80 Å². The van der Waals surface area contributed by atoms with Crippen molar-refractivity contribution in [3.8, 4) is 23.0 Å². The minimum atomic E-state index is -0.213. The summed E-state index contributed by atoms with van der Waals surface area (Å²) in [6.07, 6.45) is 0.287. The highest BCUT2D eigenvalue weighted by atomic mass is 16.5. The van der Waals surface area contributed by atoms with E-state index in [4.69, 9.17) is 37.5 Å². The summed E-state index contributed by atoms with van der Waals surface area (Å²) in [6, 6.07) is 18.4. The minimum Gasteiger partial charge on any atom is -0.457 e. The molecule has 0 aromatic heterocycles. The van der Waals surface area contributed by atoms with Crippen LogP contribution >= 0.6 is 0 Å². The Morgan fingerprint density at radius 3 is 1.51 bits per heavy atom. The fourth-order valence-electron chi connectivity index (χ4n) is 4.11. The average Bonchev–Trinajstić information content (AvgIpc) is 2.93. The number of carbonyl (C=O) groups is 2. The van der Waals surface area contributed by atoms with E-state index in [1.54, 1.807) is 76.5 Å². The van der Waals surface area contributed by atoms with Crippen molar-refractivity contribution in [2.45, 2.75) is 6.42 Å². The smallest absolute Gasteiger partial charge is 0.254 e. The average molecular weight is 530 g/mol. The third-order valence-electron chi connectivity index (χ3n) is 6.21. The second-order valence-electron chi connectivity index (χ2n) is 8.98. The Balaban J connectivity index is 1.57. The first-order valence-corrected chi connectivity index (χ1v) is 12.4. The Bertz CT molecular complexity index is 1290. The number of nitrogens with one attached hydrogen (secondary N) is 2. The van der Waals surface area contributed by atoms with Crippen LogP contribution in [0.15, 0.2) is 66.7 Å². The minimum absolute atomic E-state index is 0.0118. The molecule has 4 rings (SSSR count). The van der Waals surface area contributed by atoms with Gasteiger partial charge in [-0.2, -0.15) is 0 Å². The van der Waals surface area contributed by atoms with Crippen molar-refractivity contribution in [3.05, 3.63) is 83.4 Å². The van der Waals surface area contributed by atoms with Crippen LogP contribution in [0.5, 0.6) is 23.0 Å². The molecule has 202 valence electrons. The van der Waals surface area contributed by atoms with Gasteiger partial charge >= 0.3 is 0 Å². The van der Waals surface area contributed by atoms with Crippen LogP contribution in [0.3, 0.4) is 0 Å². The summed E-state index contributed by atoms with van der Waals surface area (Å²) in [4.78, 5) is 29.1. The van der Waals surface area contributed by atoms with Crippen LogP contribution in [0.4, 0.5) is 0 Å². The van der Waals surface area contributed by atoms with Crippen molar-refractivity contribution < 1.29 is 19.1 Å². The van der Waals surface area contributed by atoms with Crippen molar-refractivity contribution in [2.24, 2.45) is 17.2 Å². The van der Waals surface area contributed by atoms with E-state index in [1.807, 2.05) is 0 Å². The van der Waals surface area contributed by atoms with Gasteiger partial charge in [0, 0.05) is 61.9 Å². The summed E-state index contributed by atoms with van der Waals surface area (Å²) in [6.45, 7) is 1.97. The summed E-state index contributed by atoms with van der Waals surface area (Å²) in [5.74, 6) is 1.42. The number of ether oxygens (including phenoxy) is 2. The largest absolute Gasteiger partial charge is 0.457 e. The van der Waals surface area contributed by atoms with Crippen molar-refractivity contribution >= 4 is 23.5 Å². The summed E-state index contributed by atoms with van der Waals surface area (Å²) in [7, 11) is 0. The van der Waals surface area contributed by atoms with E-state index < -0.39 is 0 Å². The molecular weight excluding hydrogens is 498 g/mol. The lowest BCUT2D eigenvalue weighted by Crippen LogP contribution is -2.50. The SMILES string of the molecule is N=C(N)c1ccc(Oc2cc(Oc3ccc(C(=N)N)cc3)cc(C(=O)N3CCN(C(=O)CCN)CC3)c2)cc1. The summed E-state index contributed by atoms with van der Waals surface area (Å²) in [5, 5.41) is 15.1. The predicted octanol–water partition coefficient (Wildman–Crippen LogP) is 2.47. The lowest BCUT2D eigenvalue weighted by atomic mass is 10.1. The van der Waals surface area contributed by atoms with Crippen LogP contribution < -0.4 is 26.7 Å². The van der Waals surface area contributed by atoms with Crippen LogP contribution in [-0.4, -0.2) is 66.0 Å². The second kappa shape index (κ2) is 12.1. The molecule has 2 amide bonds. The predicted molar refractivity (Wildman–Crippen MR) is 148 cm³/mol. The Hall–Kier alpha value is -4.90. The van der Waals surface area contributed by atoms with Gasteiger partial charge in [-0.25, -0.2) is 0 Å². The number of hydrogen-bond acceptors (Lipinski definition) is 7. The molecule has 3 aromatic rings. The van der Waals surface area contributed by atoms with Gasteiger partial charge in [-0.1, -0.05) is 0 Å².